The lowest BCUT2D eigenvalue weighted by molar-refractivity contribution is -0.141. The molecule has 0 unspecified atom stereocenters. The van der Waals surface area contributed by atoms with Crippen LogP contribution >= 0.6 is 23.2 Å². The van der Waals surface area contributed by atoms with Gasteiger partial charge in [-0.15, -0.1) is 0 Å². The third-order valence-corrected chi connectivity index (χ3v) is 11.9. The van der Waals surface area contributed by atoms with E-state index in [0.717, 1.165) is 16.0 Å². The first-order valence-electron chi connectivity index (χ1n) is 17.1. The highest BCUT2D eigenvalue weighted by Crippen LogP contribution is 2.65. The molecule has 11 heteroatoms. The number of halogens is 2. The molecule has 1 saturated carbocycles. The molecule has 4 aromatic carbocycles. The standard InChI is InChI=1S/C40H35Cl2N3O6/c1-3-18-44-36(47)27-16-15-26-29(33(27)38(44)49)20-30-37(48)45(43-32-17-11-23(41)19-31(32)42)39(50)40(30,22-9-12-24(51-2)13-10-22)34(26)28-14-8-21-6-4-5-7-25(21)35(28)46/h4-15,17,19,27,29-30,33-34,43,46H,3,16,18,20H2,1-2H3/t27-,29+,30-,33-,34+,40+/m0/s1. The van der Waals surface area contributed by atoms with E-state index in [9.17, 15) is 19.5 Å². The van der Waals surface area contributed by atoms with Crippen LogP contribution in [-0.4, -0.2) is 52.3 Å². The van der Waals surface area contributed by atoms with Gasteiger partial charge < -0.3 is 9.84 Å². The topological polar surface area (TPSA) is 116 Å². The van der Waals surface area contributed by atoms with Crippen molar-refractivity contribution in [3.05, 3.63) is 112 Å². The summed E-state index contributed by atoms with van der Waals surface area (Å²) < 4.78 is 5.47. The van der Waals surface area contributed by atoms with Crippen molar-refractivity contribution in [2.75, 3.05) is 19.1 Å². The number of fused-ring (bicyclic) bond motifs is 5. The van der Waals surface area contributed by atoms with E-state index in [1.807, 2.05) is 49.4 Å². The van der Waals surface area contributed by atoms with Gasteiger partial charge in [-0.25, -0.2) is 0 Å². The molecule has 0 spiro atoms. The summed E-state index contributed by atoms with van der Waals surface area (Å²) in [7, 11) is 1.55. The van der Waals surface area contributed by atoms with Crippen molar-refractivity contribution in [2.45, 2.75) is 37.5 Å². The number of aromatic hydroxyl groups is 1. The van der Waals surface area contributed by atoms with Crippen molar-refractivity contribution >= 4 is 63.3 Å². The Kier molecular flexibility index (Phi) is 8.11. The molecule has 3 fully saturated rings. The van der Waals surface area contributed by atoms with Crippen molar-refractivity contribution in [3.8, 4) is 11.5 Å². The fourth-order valence-electron chi connectivity index (χ4n) is 9.20. The van der Waals surface area contributed by atoms with E-state index < -0.39 is 46.8 Å². The second-order valence-electron chi connectivity index (χ2n) is 13.8. The van der Waals surface area contributed by atoms with Gasteiger partial charge in [-0.3, -0.25) is 29.5 Å². The summed E-state index contributed by atoms with van der Waals surface area (Å²) in [6, 6.07) is 22.9. The third kappa shape index (κ3) is 4.81. The molecule has 2 saturated heterocycles. The van der Waals surface area contributed by atoms with Gasteiger partial charge in [-0.2, -0.15) is 5.01 Å². The first kappa shape index (κ1) is 33.3. The minimum absolute atomic E-state index is 0.0118. The fourth-order valence-corrected chi connectivity index (χ4v) is 9.65. The number of phenols is 1. The molecule has 2 aliphatic heterocycles. The minimum atomic E-state index is -1.57. The summed E-state index contributed by atoms with van der Waals surface area (Å²) in [5.41, 5.74) is 3.51. The highest BCUT2D eigenvalue weighted by molar-refractivity contribution is 6.36. The Morgan fingerprint density at radius 1 is 0.922 bits per heavy atom. The molecule has 6 atom stereocenters. The second kappa shape index (κ2) is 12.4. The number of imide groups is 2. The number of phenolic OH excluding ortho intramolecular Hbond substituents is 1. The number of rotatable bonds is 7. The van der Waals surface area contributed by atoms with Gasteiger partial charge in [0.05, 0.1) is 41.0 Å². The van der Waals surface area contributed by atoms with Crippen LogP contribution in [0.5, 0.6) is 11.5 Å². The summed E-state index contributed by atoms with van der Waals surface area (Å²) in [5, 5.41) is 15.2. The molecule has 0 radical (unpaired) electrons. The number of carbonyl (C=O) groups is 4. The molecule has 0 bridgehead atoms. The SMILES string of the molecule is CCCN1C(=O)[C@H]2[C@H](CC=C3[C@H]2C[C@H]2C(=O)N(Nc4ccc(Cl)cc4Cl)C(=O)[C@@]2(c2ccc(OC)cc2)[C@H]3c2ccc3ccccc3c2O)C1=O. The summed E-state index contributed by atoms with van der Waals surface area (Å²) in [6.45, 7) is 2.24. The van der Waals surface area contributed by atoms with Gasteiger partial charge in [0.1, 0.15) is 11.5 Å². The van der Waals surface area contributed by atoms with Crippen LogP contribution in [0.2, 0.25) is 10.0 Å². The number of anilines is 1. The third-order valence-electron chi connectivity index (χ3n) is 11.4. The molecule has 4 amide bonds. The molecular weight excluding hydrogens is 689 g/mol. The predicted molar refractivity (Wildman–Crippen MR) is 193 cm³/mol. The smallest absolute Gasteiger partial charge is 0.260 e. The molecular formula is C40H35Cl2N3O6. The Balaban J connectivity index is 1.39. The maximum atomic E-state index is 15.4. The highest BCUT2D eigenvalue weighted by atomic mass is 35.5. The van der Waals surface area contributed by atoms with E-state index in [2.05, 4.69) is 5.43 Å². The van der Waals surface area contributed by atoms with Crippen LogP contribution in [-0.2, 0) is 24.6 Å². The molecule has 9 nitrogen and oxygen atoms in total. The fraction of sp³-hybridized carbons (Fsp3) is 0.300. The van der Waals surface area contributed by atoms with Crippen LogP contribution in [0.15, 0.2) is 90.5 Å². The highest BCUT2D eigenvalue weighted by Gasteiger charge is 2.70. The number of nitrogens with zero attached hydrogens (tertiary/aromatic N) is 2. The number of ether oxygens (including phenoxy) is 1. The largest absolute Gasteiger partial charge is 0.507 e. The molecule has 2 N–H and O–H groups in total. The average molecular weight is 725 g/mol. The van der Waals surface area contributed by atoms with E-state index in [0.29, 0.717) is 52.4 Å². The number of carbonyl (C=O) groups excluding carboxylic acids is 4. The van der Waals surface area contributed by atoms with E-state index >= 15 is 4.79 Å². The second-order valence-corrected chi connectivity index (χ2v) is 14.6. The Morgan fingerprint density at radius 2 is 1.69 bits per heavy atom. The lowest BCUT2D eigenvalue weighted by Crippen LogP contribution is -2.53. The Labute approximate surface area is 304 Å². The van der Waals surface area contributed by atoms with Crippen LogP contribution in [0, 0.1) is 23.7 Å². The van der Waals surface area contributed by atoms with E-state index in [4.69, 9.17) is 27.9 Å². The van der Waals surface area contributed by atoms with Crippen molar-refractivity contribution in [2.24, 2.45) is 23.7 Å². The van der Waals surface area contributed by atoms with Crippen molar-refractivity contribution in [1.29, 1.82) is 0 Å². The molecule has 8 rings (SSSR count). The van der Waals surface area contributed by atoms with Crippen LogP contribution in [0.25, 0.3) is 10.8 Å². The maximum Gasteiger partial charge on any atom is 0.260 e. The Morgan fingerprint density at radius 3 is 2.41 bits per heavy atom. The molecule has 260 valence electrons. The number of hydrogen-bond acceptors (Lipinski definition) is 7. The van der Waals surface area contributed by atoms with Gasteiger partial charge in [-0.1, -0.05) is 90.3 Å². The number of nitrogens with one attached hydrogen (secondary N) is 1. The van der Waals surface area contributed by atoms with E-state index in [1.54, 1.807) is 43.5 Å². The Hall–Kier alpha value is -4.86. The number of methoxy groups -OCH3 is 1. The van der Waals surface area contributed by atoms with Crippen molar-refractivity contribution in [3.63, 3.8) is 0 Å². The van der Waals surface area contributed by atoms with Gasteiger partial charge in [0, 0.05) is 28.4 Å². The van der Waals surface area contributed by atoms with Gasteiger partial charge in [0.2, 0.25) is 11.8 Å². The van der Waals surface area contributed by atoms with Crippen LogP contribution in [0.4, 0.5) is 5.69 Å². The van der Waals surface area contributed by atoms with Crippen molar-refractivity contribution < 1.29 is 29.0 Å². The molecule has 51 heavy (non-hydrogen) atoms. The normalized spacial score (nSPS) is 27.0. The summed E-state index contributed by atoms with van der Waals surface area (Å²) in [6.07, 6.45) is 3.05. The summed E-state index contributed by atoms with van der Waals surface area (Å²) in [5.74, 6) is -4.60. The quantitative estimate of drug-likeness (QED) is 0.152. The first-order chi connectivity index (χ1) is 24.6. The predicted octanol–water partition coefficient (Wildman–Crippen LogP) is 7.26. The molecule has 2 heterocycles. The molecule has 2 aliphatic carbocycles. The van der Waals surface area contributed by atoms with E-state index in [-0.39, 0.29) is 29.0 Å². The summed E-state index contributed by atoms with van der Waals surface area (Å²) in [4.78, 5) is 59.4. The number of hydrogen-bond donors (Lipinski definition) is 2. The lowest BCUT2D eigenvalue weighted by Gasteiger charge is -2.50. The maximum absolute atomic E-state index is 15.4. The number of benzene rings is 4. The van der Waals surface area contributed by atoms with Crippen LogP contribution in [0.3, 0.4) is 0 Å². The number of hydrazine groups is 1. The van der Waals surface area contributed by atoms with Crippen LogP contribution < -0.4 is 10.2 Å². The minimum Gasteiger partial charge on any atom is -0.507 e. The number of amides is 4. The van der Waals surface area contributed by atoms with Crippen LogP contribution in [0.1, 0.15) is 43.2 Å². The molecule has 4 aromatic rings. The van der Waals surface area contributed by atoms with Gasteiger partial charge in [0.15, 0.2) is 0 Å². The van der Waals surface area contributed by atoms with Gasteiger partial charge in [0.25, 0.3) is 11.8 Å². The zero-order chi connectivity index (χ0) is 35.8. The number of allylic oxidation sites excluding steroid dienone is 2. The number of likely N-dealkylation sites (tertiary alicyclic amines) is 1. The lowest BCUT2D eigenvalue weighted by atomic mass is 9.49. The van der Waals surface area contributed by atoms with E-state index in [1.165, 1.54) is 11.0 Å². The first-order valence-corrected chi connectivity index (χ1v) is 17.9. The van der Waals surface area contributed by atoms with Gasteiger partial charge >= 0.3 is 0 Å². The monoisotopic (exact) mass is 723 g/mol. The molecule has 0 aromatic heterocycles. The zero-order valence-corrected chi connectivity index (χ0v) is 29.4. The Bertz CT molecular complexity index is 2170. The van der Waals surface area contributed by atoms with Gasteiger partial charge in [-0.05, 0) is 66.5 Å². The molecule has 4 aliphatic rings. The summed E-state index contributed by atoms with van der Waals surface area (Å²) >= 11 is 12.7. The average Bonchev–Trinajstić information content (AvgIpc) is 3.50. The van der Waals surface area contributed by atoms with Crippen molar-refractivity contribution in [1.82, 2.24) is 9.91 Å². The zero-order valence-electron chi connectivity index (χ0n) is 27.9.